The van der Waals surface area contributed by atoms with E-state index in [4.69, 9.17) is 5.73 Å². The molecule has 2 rings (SSSR count). The van der Waals surface area contributed by atoms with Crippen LogP contribution in [0.2, 0.25) is 0 Å². The van der Waals surface area contributed by atoms with Crippen LogP contribution in [0.3, 0.4) is 0 Å². The molecule has 3 N–H and O–H groups in total. The highest BCUT2D eigenvalue weighted by atomic mass is 16.2. The van der Waals surface area contributed by atoms with Gasteiger partial charge in [-0.3, -0.25) is 4.90 Å². The monoisotopic (exact) mass is 283 g/mol. The summed E-state index contributed by atoms with van der Waals surface area (Å²) in [5, 5.41) is 2.92. The molecular weight excluding hydrogens is 262 g/mol. The molecule has 0 fully saturated rings. The Bertz CT molecular complexity index is 566. The van der Waals surface area contributed by atoms with Crippen LogP contribution in [-0.4, -0.2) is 12.6 Å². The van der Waals surface area contributed by atoms with Crippen molar-refractivity contribution in [2.75, 3.05) is 16.8 Å². The molecule has 2 aromatic carbocycles. The molecule has 0 heterocycles. The van der Waals surface area contributed by atoms with E-state index in [0.29, 0.717) is 13.1 Å². The van der Waals surface area contributed by atoms with Gasteiger partial charge in [0.15, 0.2) is 0 Å². The third kappa shape index (κ3) is 4.07. The number of rotatable bonds is 5. The zero-order chi connectivity index (χ0) is 15.1. The predicted molar refractivity (Wildman–Crippen MR) is 87.4 cm³/mol. The van der Waals surface area contributed by atoms with E-state index in [1.807, 2.05) is 54.6 Å². The molecule has 0 atom stereocenters. The van der Waals surface area contributed by atoms with Crippen LogP contribution in [0.25, 0.3) is 0 Å². The minimum Gasteiger partial charge on any atom is -0.326 e. The zero-order valence-corrected chi connectivity index (χ0v) is 12.3. The Morgan fingerprint density at radius 3 is 2.33 bits per heavy atom. The number of hydrogen-bond acceptors (Lipinski definition) is 2. The lowest BCUT2D eigenvalue weighted by atomic mass is 10.2. The fourth-order valence-corrected chi connectivity index (χ4v) is 2.10. The number of benzene rings is 2. The van der Waals surface area contributed by atoms with Crippen molar-refractivity contribution in [3.63, 3.8) is 0 Å². The molecule has 0 unspecified atom stereocenters. The lowest BCUT2D eigenvalue weighted by Crippen LogP contribution is -2.35. The number of urea groups is 1. The van der Waals surface area contributed by atoms with Crippen molar-refractivity contribution in [2.45, 2.75) is 19.9 Å². The molecule has 0 saturated carbocycles. The highest BCUT2D eigenvalue weighted by Gasteiger charge is 2.14. The third-order valence-electron chi connectivity index (χ3n) is 3.20. The van der Waals surface area contributed by atoms with E-state index in [1.165, 1.54) is 0 Å². The molecule has 0 saturated heterocycles. The number of hydrogen-bond donors (Lipinski definition) is 2. The van der Waals surface area contributed by atoms with Gasteiger partial charge in [0.25, 0.3) is 0 Å². The number of carbonyl (C=O) groups is 1. The standard InChI is InChI=1S/C17H21N3O/c1-2-12-20(16-10-8-14(13-18)9-11-16)17(21)19-15-6-4-3-5-7-15/h3-11H,2,12-13,18H2,1H3,(H,19,21). The summed E-state index contributed by atoms with van der Waals surface area (Å²) >= 11 is 0. The number of carbonyl (C=O) groups excluding carboxylic acids is 1. The van der Waals surface area contributed by atoms with Crippen LogP contribution in [0.15, 0.2) is 54.6 Å². The van der Waals surface area contributed by atoms with E-state index in [1.54, 1.807) is 4.90 Å². The van der Waals surface area contributed by atoms with Crippen molar-refractivity contribution < 1.29 is 4.79 Å². The van der Waals surface area contributed by atoms with Gasteiger partial charge in [-0.1, -0.05) is 37.3 Å². The van der Waals surface area contributed by atoms with Crippen LogP contribution < -0.4 is 16.0 Å². The first-order chi connectivity index (χ1) is 10.2. The zero-order valence-electron chi connectivity index (χ0n) is 12.3. The minimum absolute atomic E-state index is 0.122. The fraction of sp³-hybridized carbons (Fsp3) is 0.235. The summed E-state index contributed by atoms with van der Waals surface area (Å²) in [6.07, 6.45) is 0.890. The number of anilines is 2. The maximum absolute atomic E-state index is 12.4. The Balaban J connectivity index is 2.15. The normalized spacial score (nSPS) is 10.2. The van der Waals surface area contributed by atoms with E-state index in [-0.39, 0.29) is 6.03 Å². The van der Waals surface area contributed by atoms with Gasteiger partial charge in [0.05, 0.1) is 0 Å². The topological polar surface area (TPSA) is 58.4 Å². The number of para-hydroxylation sites is 1. The average Bonchev–Trinajstić information content (AvgIpc) is 2.53. The molecule has 0 aliphatic heterocycles. The second kappa shape index (κ2) is 7.45. The van der Waals surface area contributed by atoms with E-state index in [9.17, 15) is 4.79 Å². The first-order valence-corrected chi connectivity index (χ1v) is 7.17. The van der Waals surface area contributed by atoms with Crippen molar-refractivity contribution in [3.8, 4) is 0 Å². The van der Waals surface area contributed by atoms with Crippen LogP contribution >= 0.6 is 0 Å². The van der Waals surface area contributed by atoms with Crippen LogP contribution in [0.1, 0.15) is 18.9 Å². The summed E-state index contributed by atoms with van der Waals surface area (Å²) in [5.74, 6) is 0. The van der Waals surface area contributed by atoms with Gasteiger partial charge >= 0.3 is 6.03 Å². The molecule has 0 aromatic heterocycles. The third-order valence-corrected chi connectivity index (χ3v) is 3.20. The molecule has 0 bridgehead atoms. The number of nitrogens with two attached hydrogens (primary N) is 1. The van der Waals surface area contributed by atoms with Crippen molar-refractivity contribution in [1.29, 1.82) is 0 Å². The summed E-state index contributed by atoms with van der Waals surface area (Å²) in [6.45, 7) is 3.22. The lowest BCUT2D eigenvalue weighted by Gasteiger charge is -2.23. The van der Waals surface area contributed by atoms with Crippen molar-refractivity contribution in [1.82, 2.24) is 0 Å². The van der Waals surface area contributed by atoms with Crippen LogP contribution in [0, 0.1) is 0 Å². The molecule has 0 radical (unpaired) electrons. The smallest absolute Gasteiger partial charge is 0.326 e. The molecule has 110 valence electrons. The molecule has 4 heteroatoms. The largest absolute Gasteiger partial charge is 0.326 e. The van der Waals surface area contributed by atoms with Gasteiger partial charge in [-0.2, -0.15) is 0 Å². The van der Waals surface area contributed by atoms with E-state index < -0.39 is 0 Å². The van der Waals surface area contributed by atoms with Crippen LogP contribution in [-0.2, 0) is 6.54 Å². The maximum atomic E-state index is 12.4. The first-order valence-electron chi connectivity index (χ1n) is 7.17. The summed E-state index contributed by atoms with van der Waals surface area (Å²) in [7, 11) is 0. The fourth-order valence-electron chi connectivity index (χ4n) is 2.10. The Morgan fingerprint density at radius 1 is 1.10 bits per heavy atom. The first kappa shape index (κ1) is 15.1. The highest BCUT2D eigenvalue weighted by molar-refractivity contribution is 6.01. The lowest BCUT2D eigenvalue weighted by molar-refractivity contribution is 0.257. The second-order valence-corrected chi connectivity index (χ2v) is 4.82. The van der Waals surface area contributed by atoms with E-state index in [2.05, 4.69) is 12.2 Å². The minimum atomic E-state index is -0.122. The van der Waals surface area contributed by atoms with Gasteiger partial charge in [-0.15, -0.1) is 0 Å². The SMILES string of the molecule is CCCN(C(=O)Nc1ccccc1)c1ccc(CN)cc1. The number of amides is 2. The van der Waals surface area contributed by atoms with Crippen LogP contribution in [0.4, 0.5) is 16.2 Å². The van der Waals surface area contributed by atoms with Crippen molar-refractivity contribution in [3.05, 3.63) is 60.2 Å². The summed E-state index contributed by atoms with van der Waals surface area (Å²) in [5.41, 5.74) is 8.33. The van der Waals surface area contributed by atoms with E-state index in [0.717, 1.165) is 23.4 Å². The molecule has 0 aliphatic rings. The predicted octanol–water partition coefficient (Wildman–Crippen LogP) is 3.59. The van der Waals surface area contributed by atoms with E-state index >= 15 is 0 Å². The van der Waals surface area contributed by atoms with Gasteiger partial charge < -0.3 is 11.1 Å². The maximum Gasteiger partial charge on any atom is 0.326 e. The number of nitrogens with zero attached hydrogens (tertiary/aromatic N) is 1. The molecule has 21 heavy (non-hydrogen) atoms. The van der Waals surface area contributed by atoms with Gasteiger partial charge in [0.1, 0.15) is 0 Å². The Labute approximate surface area is 125 Å². The van der Waals surface area contributed by atoms with Crippen molar-refractivity contribution >= 4 is 17.4 Å². The quantitative estimate of drug-likeness (QED) is 0.881. The van der Waals surface area contributed by atoms with Gasteiger partial charge in [-0.05, 0) is 36.2 Å². The van der Waals surface area contributed by atoms with Crippen molar-refractivity contribution in [2.24, 2.45) is 5.73 Å². The Kier molecular flexibility index (Phi) is 5.35. The van der Waals surface area contributed by atoms with Gasteiger partial charge in [0.2, 0.25) is 0 Å². The molecule has 0 aliphatic carbocycles. The molecular formula is C17H21N3O. The second-order valence-electron chi connectivity index (χ2n) is 4.82. The van der Waals surface area contributed by atoms with Crippen LogP contribution in [0.5, 0.6) is 0 Å². The average molecular weight is 283 g/mol. The summed E-state index contributed by atoms with van der Waals surface area (Å²) < 4.78 is 0. The summed E-state index contributed by atoms with van der Waals surface area (Å²) in [6, 6.07) is 17.1. The summed E-state index contributed by atoms with van der Waals surface area (Å²) in [4.78, 5) is 14.2. The number of nitrogens with one attached hydrogen (secondary N) is 1. The highest BCUT2D eigenvalue weighted by Crippen LogP contribution is 2.17. The Hall–Kier alpha value is -2.33. The molecule has 2 aromatic rings. The van der Waals surface area contributed by atoms with Gasteiger partial charge in [0, 0.05) is 24.5 Å². The molecule has 4 nitrogen and oxygen atoms in total. The Morgan fingerprint density at radius 2 is 1.76 bits per heavy atom. The molecule has 2 amide bonds. The molecule has 0 spiro atoms. The van der Waals surface area contributed by atoms with Gasteiger partial charge in [-0.25, -0.2) is 4.79 Å².